The Hall–Kier alpha value is -1.88. The number of carbonyl (C=O) groups is 2. The van der Waals surface area contributed by atoms with Gasteiger partial charge in [-0.2, -0.15) is 0 Å². The molecule has 0 unspecified atom stereocenters. The van der Waals surface area contributed by atoms with Crippen LogP contribution in [0.1, 0.15) is 43.2 Å². The van der Waals surface area contributed by atoms with E-state index in [1.807, 2.05) is 38.1 Å². The number of ether oxygens (including phenoxy) is 1. The molecule has 1 amide bonds. The predicted octanol–water partition coefficient (Wildman–Crippen LogP) is 2.58. The lowest BCUT2D eigenvalue weighted by Crippen LogP contribution is -2.46. The Morgan fingerprint density at radius 2 is 1.96 bits per heavy atom. The number of nitrogens with zero attached hydrogens (tertiary/aromatic N) is 1. The SMILES string of the molecule is Cc1ccccc1[C@@H](C)CC(=O)N(CC(=O)O)C1CCOCC1. The second-order valence-electron chi connectivity index (χ2n) is 6.22. The van der Waals surface area contributed by atoms with Gasteiger partial charge in [-0.1, -0.05) is 31.2 Å². The molecule has 1 N–H and O–H groups in total. The molecule has 1 aromatic carbocycles. The largest absolute Gasteiger partial charge is 0.480 e. The molecular formula is C18H25NO4. The molecule has 0 aliphatic carbocycles. The van der Waals surface area contributed by atoms with Crippen LogP contribution in [-0.2, 0) is 14.3 Å². The maximum absolute atomic E-state index is 12.7. The Balaban J connectivity index is 2.07. The fourth-order valence-corrected chi connectivity index (χ4v) is 3.19. The van der Waals surface area contributed by atoms with E-state index >= 15 is 0 Å². The van der Waals surface area contributed by atoms with E-state index in [9.17, 15) is 9.59 Å². The Morgan fingerprint density at radius 3 is 2.57 bits per heavy atom. The Morgan fingerprint density at radius 1 is 1.30 bits per heavy atom. The molecular weight excluding hydrogens is 294 g/mol. The Kier molecular flexibility index (Phi) is 6.16. The topological polar surface area (TPSA) is 66.8 Å². The van der Waals surface area contributed by atoms with E-state index in [1.54, 1.807) is 0 Å². The van der Waals surface area contributed by atoms with Crippen LogP contribution in [0.4, 0.5) is 0 Å². The van der Waals surface area contributed by atoms with Crippen LogP contribution in [0.15, 0.2) is 24.3 Å². The van der Waals surface area contributed by atoms with Crippen molar-refractivity contribution in [1.29, 1.82) is 0 Å². The number of carbonyl (C=O) groups excluding carboxylic acids is 1. The quantitative estimate of drug-likeness (QED) is 0.875. The molecule has 1 atom stereocenters. The van der Waals surface area contributed by atoms with Crippen molar-refractivity contribution in [2.24, 2.45) is 0 Å². The number of carboxylic acids is 1. The van der Waals surface area contributed by atoms with Crippen LogP contribution in [0.5, 0.6) is 0 Å². The van der Waals surface area contributed by atoms with Crippen LogP contribution in [-0.4, -0.2) is 47.7 Å². The van der Waals surface area contributed by atoms with E-state index in [0.717, 1.165) is 11.1 Å². The second kappa shape index (κ2) is 8.11. The highest BCUT2D eigenvalue weighted by Crippen LogP contribution is 2.25. The highest BCUT2D eigenvalue weighted by atomic mass is 16.5. The van der Waals surface area contributed by atoms with Gasteiger partial charge in [0.15, 0.2) is 0 Å². The summed E-state index contributed by atoms with van der Waals surface area (Å²) >= 11 is 0. The Labute approximate surface area is 137 Å². The highest BCUT2D eigenvalue weighted by molar-refractivity contribution is 5.82. The van der Waals surface area contributed by atoms with Crippen molar-refractivity contribution in [3.8, 4) is 0 Å². The van der Waals surface area contributed by atoms with Crippen LogP contribution in [0.2, 0.25) is 0 Å². The maximum atomic E-state index is 12.7. The average Bonchev–Trinajstić information content (AvgIpc) is 2.53. The molecule has 1 aliphatic rings. The van der Waals surface area contributed by atoms with E-state index in [-0.39, 0.29) is 24.4 Å². The zero-order chi connectivity index (χ0) is 16.8. The molecule has 1 aromatic rings. The normalized spacial score (nSPS) is 16.8. The van der Waals surface area contributed by atoms with E-state index in [4.69, 9.17) is 9.84 Å². The third-order valence-corrected chi connectivity index (χ3v) is 4.46. The van der Waals surface area contributed by atoms with Crippen molar-refractivity contribution >= 4 is 11.9 Å². The van der Waals surface area contributed by atoms with Gasteiger partial charge in [-0.05, 0) is 36.8 Å². The molecule has 5 heteroatoms. The van der Waals surface area contributed by atoms with Crippen molar-refractivity contribution in [3.63, 3.8) is 0 Å². The highest BCUT2D eigenvalue weighted by Gasteiger charge is 2.28. The number of hydrogen-bond donors (Lipinski definition) is 1. The zero-order valence-electron chi connectivity index (χ0n) is 13.8. The number of amides is 1. The monoisotopic (exact) mass is 319 g/mol. The van der Waals surface area contributed by atoms with Gasteiger partial charge < -0.3 is 14.7 Å². The number of rotatable bonds is 6. The molecule has 0 saturated carbocycles. The molecule has 1 aliphatic heterocycles. The van der Waals surface area contributed by atoms with Gasteiger partial charge in [0.05, 0.1) is 0 Å². The summed E-state index contributed by atoms with van der Waals surface area (Å²) in [6, 6.07) is 7.98. The summed E-state index contributed by atoms with van der Waals surface area (Å²) in [5.74, 6) is -0.983. The fourth-order valence-electron chi connectivity index (χ4n) is 3.19. The minimum Gasteiger partial charge on any atom is -0.480 e. The van der Waals surface area contributed by atoms with Gasteiger partial charge in [-0.25, -0.2) is 0 Å². The molecule has 23 heavy (non-hydrogen) atoms. The summed E-state index contributed by atoms with van der Waals surface area (Å²) < 4.78 is 5.32. The van der Waals surface area contributed by atoms with Gasteiger partial charge in [0.1, 0.15) is 6.54 Å². The van der Waals surface area contributed by atoms with Crippen LogP contribution in [0.25, 0.3) is 0 Å². The lowest BCUT2D eigenvalue weighted by Gasteiger charge is -2.34. The first kappa shape index (κ1) is 17.5. The minimum atomic E-state index is -0.964. The number of hydrogen-bond acceptors (Lipinski definition) is 3. The summed E-state index contributed by atoms with van der Waals surface area (Å²) in [6.07, 6.45) is 1.74. The lowest BCUT2D eigenvalue weighted by molar-refractivity contribution is -0.147. The molecule has 5 nitrogen and oxygen atoms in total. The van der Waals surface area contributed by atoms with Gasteiger partial charge in [0.25, 0.3) is 0 Å². The average molecular weight is 319 g/mol. The van der Waals surface area contributed by atoms with Gasteiger partial charge in [-0.15, -0.1) is 0 Å². The Bertz CT molecular complexity index is 552. The maximum Gasteiger partial charge on any atom is 0.323 e. The molecule has 0 aromatic heterocycles. The zero-order valence-corrected chi connectivity index (χ0v) is 13.8. The van der Waals surface area contributed by atoms with Crippen LogP contribution in [0, 0.1) is 6.92 Å². The lowest BCUT2D eigenvalue weighted by atomic mass is 9.93. The summed E-state index contributed by atoms with van der Waals surface area (Å²) in [5.41, 5.74) is 2.30. The number of carboxylic acid groups (broad SMARTS) is 1. The number of benzene rings is 1. The summed E-state index contributed by atoms with van der Waals surface area (Å²) in [6.45, 7) is 4.99. The van der Waals surface area contributed by atoms with Gasteiger partial charge >= 0.3 is 5.97 Å². The van der Waals surface area contributed by atoms with E-state index in [1.165, 1.54) is 4.90 Å². The molecule has 0 radical (unpaired) electrons. The van der Waals surface area contributed by atoms with Crippen molar-refractivity contribution in [2.75, 3.05) is 19.8 Å². The third-order valence-electron chi connectivity index (χ3n) is 4.46. The third kappa shape index (κ3) is 4.79. The van der Waals surface area contributed by atoms with Gasteiger partial charge in [0.2, 0.25) is 5.91 Å². The fraction of sp³-hybridized carbons (Fsp3) is 0.556. The molecule has 1 saturated heterocycles. The van der Waals surface area contributed by atoms with Gasteiger partial charge in [-0.3, -0.25) is 9.59 Å². The molecule has 1 fully saturated rings. The second-order valence-corrected chi connectivity index (χ2v) is 6.22. The summed E-state index contributed by atoms with van der Waals surface area (Å²) in [4.78, 5) is 25.4. The summed E-state index contributed by atoms with van der Waals surface area (Å²) in [5, 5.41) is 9.13. The first-order valence-corrected chi connectivity index (χ1v) is 8.13. The number of aryl methyl sites for hydroxylation is 1. The molecule has 1 heterocycles. The first-order valence-electron chi connectivity index (χ1n) is 8.13. The minimum absolute atomic E-state index is 0.0311. The van der Waals surface area contributed by atoms with Crippen LogP contribution < -0.4 is 0 Å². The first-order chi connectivity index (χ1) is 11.0. The molecule has 0 spiro atoms. The van der Waals surface area contributed by atoms with Crippen molar-refractivity contribution in [1.82, 2.24) is 4.90 Å². The van der Waals surface area contributed by atoms with Crippen molar-refractivity contribution in [2.45, 2.75) is 45.1 Å². The van der Waals surface area contributed by atoms with Crippen molar-refractivity contribution < 1.29 is 19.4 Å². The predicted molar refractivity (Wildman–Crippen MR) is 87.4 cm³/mol. The molecule has 2 rings (SSSR count). The smallest absolute Gasteiger partial charge is 0.323 e. The van der Waals surface area contributed by atoms with Crippen LogP contribution >= 0.6 is 0 Å². The standard InChI is InChI=1S/C18H25NO4/c1-13-5-3-4-6-16(13)14(2)11-17(20)19(12-18(21)22)15-7-9-23-10-8-15/h3-6,14-15H,7-12H2,1-2H3,(H,21,22)/t14-/m0/s1. The van der Waals surface area contributed by atoms with Crippen LogP contribution in [0.3, 0.4) is 0 Å². The van der Waals surface area contributed by atoms with E-state index < -0.39 is 5.97 Å². The van der Waals surface area contributed by atoms with Crippen molar-refractivity contribution in [3.05, 3.63) is 35.4 Å². The van der Waals surface area contributed by atoms with E-state index in [2.05, 4.69) is 0 Å². The molecule has 0 bridgehead atoms. The molecule has 126 valence electrons. The van der Waals surface area contributed by atoms with E-state index in [0.29, 0.717) is 32.5 Å². The number of aliphatic carboxylic acids is 1. The summed E-state index contributed by atoms with van der Waals surface area (Å²) in [7, 11) is 0. The van der Waals surface area contributed by atoms with Gasteiger partial charge in [0, 0.05) is 25.7 Å².